The number of carboxylic acids is 2. The summed E-state index contributed by atoms with van der Waals surface area (Å²) in [4.78, 5) is 22.9. The van der Waals surface area contributed by atoms with Gasteiger partial charge in [-0.3, -0.25) is 0 Å². The Morgan fingerprint density at radius 3 is 1.62 bits per heavy atom. The molecular formula is C15H11F4NO4. The molecule has 0 saturated heterocycles. The van der Waals surface area contributed by atoms with E-state index in [0.29, 0.717) is 0 Å². The van der Waals surface area contributed by atoms with E-state index in [1.807, 2.05) is 0 Å². The minimum Gasteiger partial charge on any atom is -0.478 e. The predicted octanol–water partition coefficient (Wildman–Crippen LogP) is 2.65. The molecule has 9 heteroatoms. The van der Waals surface area contributed by atoms with Crippen molar-refractivity contribution < 1.29 is 37.4 Å². The molecule has 0 aliphatic carbocycles. The summed E-state index contributed by atoms with van der Waals surface area (Å²) in [5.41, 5.74) is -2.94. The van der Waals surface area contributed by atoms with Crippen LogP contribution in [-0.4, -0.2) is 22.2 Å². The summed E-state index contributed by atoms with van der Waals surface area (Å²) < 4.78 is 55.2. The number of rotatable bonds is 3. The van der Waals surface area contributed by atoms with Crippen molar-refractivity contribution >= 4 is 11.9 Å². The van der Waals surface area contributed by atoms with Crippen LogP contribution in [0.4, 0.5) is 17.6 Å². The summed E-state index contributed by atoms with van der Waals surface area (Å²) >= 11 is 0. The molecule has 2 rings (SSSR count). The maximum Gasteiger partial charge on any atom is 0.334 e. The second kappa shape index (κ2) is 5.99. The molecule has 0 radical (unpaired) electrons. The van der Waals surface area contributed by atoms with Crippen LogP contribution in [0.1, 0.15) is 25.3 Å². The average molecular weight is 345 g/mol. The maximum atomic E-state index is 14.1. The van der Waals surface area contributed by atoms with Crippen molar-refractivity contribution in [3.63, 3.8) is 0 Å². The topological polar surface area (TPSA) is 86.6 Å². The van der Waals surface area contributed by atoms with E-state index in [1.54, 1.807) is 0 Å². The quantitative estimate of drug-likeness (QED) is 0.579. The third-order valence-electron chi connectivity index (χ3n) is 3.66. The lowest BCUT2D eigenvalue weighted by molar-refractivity contribution is -0.133. The molecule has 24 heavy (non-hydrogen) atoms. The fourth-order valence-electron chi connectivity index (χ4n) is 2.69. The van der Waals surface area contributed by atoms with Gasteiger partial charge in [0.2, 0.25) is 0 Å². The Labute approximate surface area is 132 Å². The highest BCUT2D eigenvalue weighted by molar-refractivity contribution is 5.98. The van der Waals surface area contributed by atoms with Gasteiger partial charge >= 0.3 is 11.9 Å². The Kier molecular flexibility index (Phi) is 4.37. The van der Waals surface area contributed by atoms with Gasteiger partial charge in [0.25, 0.3) is 0 Å². The van der Waals surface area contributed by atoms with E-state index >= 15 is 0 Å². The first-order chi connectivity index (χ1) is 11.1. The molecule has 1 aliphatic rings. The summed E-state index contributed by atoms with van der Waals surface area (Å²) in [6, 6.07) is -0.0384. The van der Waals surface area contributed by atoms with Crippen LogP contribution in [0.15, 0.2) is 28.6 Å². The molecule has 0 fully saturated rings. The van der Waals surface area contributed by atoms with Crippen molar-refractivity contribution in [3.05, 3.63) is 57.4 Å². The minimum atomic E-state index is -2.02. The summed E-state index contributed by atoms with van der Waals surface area (Å²) in [6.45, 7) is 2.48. The highest BCUT2D eigenvalue weighted by Gasteiger charge is 2.41. The zero-order chi connectivity index (χ0) is 18.3. The molecule has 0 atom stereocenters. The van der Waals surface area contributed by atoms with E-state index < -0.39 is 57.8 Å². The number of halogens is 4. The molecule has 1 aromatic carbocycles. The largest absolute Gasteiger partial charge is 0.478 e. The molecule has 0 bridgehead atoms. The molecule has 1 aromatic rings. The second-order valence-electron chi connectivity index (χ2n) is 5.13. The molecule has 5 nitrogen and oxygen atoms in total. The predicted molar refractivity (Wildman–Crippen MR) is 72.8 cm³/mol. The zero-order valence-electron chi connectivity index (χ0n) is 12.4. The van der Waals surface area contributed by atoms with Crippen LogP contribution in [0.5, 0.6) is 0 Å². The molecule has 0 amide bonds. The Hall–Kier alpha value is -2.84. The molecule has 0 saturated carbocycles. The number of carboxylic acid groups (broad SMARTS) is 2. The smallest absolute Gasteiger partial charge is 0.334 e. The number of allylic oxidation sites excluding steroid dienone is 2. The Bertz CT molecular complexity index is 767. The zero-order valence-corrected chi connectivity index (χ0v) is 12.4. The van der Waals surface area contributed by atoms with Crippen molar-refractivity contribution in [2.75, 3.05) is 0 Å². The van der Waals surface area contributed by atoms with Gasteiger partial charge in [0.1, 0.15) is 0 Å². The molecule has 1 heterocycles. The Morgan fingerprint density at radius 2 is 1.29 bits per heavy atom. The molecule has 0 unspecified atom stereocenters. The highest BCUT2D eigenvalue weighted by atomic mass is 19.2. The van der Waals surface area contributed by atoms with Crippen LogP contribution < -0.4 is 5.32 Å². The average Bonchev–Trinajstić information content (AvgIpc) is 2.44. The molecule has 3 N–H and O–H groups in total. The normalized spacial score (nSPS) is 15.6. The first-order valence-electron chi connectivity index (χ1n) is 6.55. The maximum absolute atomic E-state index is 14.1. The molecule has 0 spiro atoms. The van der Waals surface area contributed by atoms with Gasteiger partial charge in [-0.05, 0) is 13.8 Å². The SMILES string of the molecule is CC1=C(C(=O)O)C(c2c(F)c(F)cc(F)c2F)C(C(=O)O)=C(C)N1. The lowest BCUT2D eigenvalue weighted by Gasteiger charge is -2.29. The monoisotopic (exact) mass is 345 g/mol. The van der Waals surface area contributed by atoms with Crippen molar-refractivity contribution in [2.24, 2.45) is 0 Å². The number of hydrogen-bond donors (Lipinski definition) is 3. The number of carbonyl (C=O) groups is 2. The van der Waals surface area contributed by atoms with Crippen LogP contribution in [-0.2, 0) is 9.59 Å². The van der Waals surface area contributed by atoms with Gasteiger partial charge in [-0.15, -0.1) is 0 Å². The van der Waals surface area contributed by atoms with E-state index in [1.165, 1.54) is 13.8 Å². The van der Waals surface area contributed by atoms with Crippen molar-refractivity contribution in [3.8, 4) is 0 Å². The van der Waals surface area contributed by atoms with E-state index in [4.69, 9.17) is 0 Å². The van der Waals surface area contributed by atoms with Gasteiger partial charge in [0.15, 0.2) is 23.3 Å². The first kappa shape index (κ1) is 17.5. The third-order valence-corrected chi connectivity index (χ3v) is 3.66. The molecule has 128 valence electrons. The van der Waals surface area contributed by atoms with E-state index in [0.717, 1.165) is 0 Å². The summed E-state index contributed by atoms with van der Waals surface area (Å²) in [6.07, 6.45) is 0. The van der Waals surface area contributed by atoms with Crippen LogP contribution in [0.25, 0.3) is 0 Å². The number of nitrogens with one attached hydrogen (secondary N) is 1. The first-order valence-corrected chi connectivity index (χ1v) is 6.55. The van der Waals surface area contributed by atoms with Gasteiger partial charge in [-0.25, -0.2) is 27.2 Å². The number of hydrogen-bond acceptors (Lipinski definition) is 3. The van der Waals surface area contributed by atoms with Gasteiger partial charge in [0.05, 0.1) is 17.1 Å². The molecule has 1 aliphatic heterocycles. The van der Waals surface area contributed by atoms with Crippen LogP contribution in [0.3, 0.4) is 0 Å². The standard InChI is InChI=1S/C15H11F4NO4/c1-4-8(14(21)22)10(9(15(23)24)5(2)20-4)11-12(18)6(16)3-7(17)13(11)19/h3,10,20H,1-2H3,(H,21,22)(H,23,24). The number of aliphatic carboxylic acids is 2. The Morgan fingerprint density at radius 1 is 0.917 bits per heavy atom. The fraction of sp³-hybridized carbons (Fsp3) is 0.200. The van der Waals surface area contributed by atoms with Crippen molar-refractivity contribution in [1.82, 2.24) is 5.32 Å². The van der Waals surface area contributed by atoms with E-state index in [9.17, 15) is 37.4 Å². The summed E-state index contributed by atoms with van der Waals surface area (Å²) in [5.74, 6) is -12.6. The lowest BCUT2D eigenvalue weighted by atomic mass is 9.80. The van der Waals surface area contributed by atoms with Gasteiger partial charge < -0.3 is 15.5 Å². The van der Waals surface area contributed by atoms with Gasteiger partial charge in [-0.2, -0.15) is 0 Å². The summed E-state index contributed by atoms with van der Waals surface area (Å²) in [5, 5.41) is 21.1. The van der Waals surface area contributed by atoms with E-state index in [2.05, 4.69) is 5.32 Å². The van der Waals surface area contributed by atoms with Crippen LogP contribution in [0.2, 0.25) is 0 Å². The van der Waals surface area contributed by atoms with Gasteiger partial charge in [-0.1, -0.05) is 0 Å². The molecule has 0 aromatic heterocycles. The minimum absolute atomic E-state index is 0.0384. The highest BCUT2D eigenvalue weighted by Crippen LogP contribution is 2.41. The lowest BCUT2D eigenvalue weighted by Crippen LogP contribution is -2.32. The number of dihydropyridines is 1. The van der Waals surface area contributed by atoms with Crippen molar-refractivity contribution in [1.29, 1.82) is 0 Å². The van der Waals surface area contributed by atoms with Crippen molar-refractivity contribution in [2.45, 2.75) is 19.8 Å². The fourth-order valence-corrected chi connectivity index (χ4v) is 2.69. The number of benzene rings is 1. The second-order valence-corrected chi connectivity index (χ2v) is 5.13. The third kappa shape index (κ3) is 2.61. The summed E-state index contributed by atoms with van der Waals surface area (Å²) in [7, 11) is 0. The van der Waals surface area contributed by atoms with Crippen LogP contribution in [0, 0.1) is 23.3 Å². The molecular weight excluding hydrogens is 334 g/mol. The van der Waals surface area contributed by atoms with Gasteiger partial charge in [0, 0.05) is 23.0 Å². The van der Waals surface area contributed by atoms with Crippen LogP contribution >= 0.6 is 0 Å². The van der Waals surface area contributed by atoms with E-state index in [-0.39, 0.29) is 17.5 Å². The Balaban J connectivity index is 2.92.